The summed E-state index contributed by atoms with van der Waals surface area (Å²) in [6, 6.07) is 7.02. The van der Waals surface area contributed by atoms with Crippen LogP contribution in [-0.2, 0) is 0 Å². The molecule has 0 saturated carbocycles. The number of anilines is 2. The summed E-state index contributed by atoms with van der Waals surface area (Å²) in [5, 5.41) is 0.683. The Labute approximate surface area is 111 Å². The molecule has 5 heteroatoms. The number of halogens is 1. The van der Waals surface area contributed by atoms with Crippen LogP contribution in [0.1, 0.15) is 11.1 Å². The molecule has 0 aliphatic heterocycles. The smallest absolute Gasteiger partial charge is 0.221 e. The molecular weight excluding hydrogens is 250 g/mol. The normalized spacial score (nSPS) is 10.4. The van der Waals surface area contributed by atoms with Crippen molar-refractivity contribution >= 4 is 23.1 Å². The number of nitrogens with two attached hydrogens (primary N) is 2. The van der Waals surface area contributed by atoms with Crippen molar-refractivity contribution in [3.05, 3.63) is 40.4 Å². The summed E-state index contributed by atoms with van der Waals surface area (Å²) >= 11 is 5.96. The van der Waals surface area contributed by atoms with Crippen molar-refractivity contribution in [1.29, 1.82) is 0 Å². The molecule has 2 rings (SSSR count). The Morgan fingerprint density at radius 1 is 1.11 bits per heavy atom. The van der Waals surface area contributed by atoms with Crippen LogP contribution in [0.25, 0.3) is 0 Å². The zero-order chi connectivity index (χ0) is 13.3. The first kappa shape index (κ1) is 12.5. The van der Waals surface area contributed by atoms with Gasteiger partial charge in [0.15, 0.2) is 5.82 Å². The number of ether oxygens (including phenoxy) is 1. The molecule has 0 saturated heterocycles. The number of benzene rings is 1. The van der Waals surface area contributed by atoms with Gasteiger partial charge in [-0.1, -0.05) is 11.6 Å². The highest BCUT2D eigenvalue weighted by molar-refractivity contribution is 6.30. The standard InChI is InChI=1S/C13H14ClN3O/c1-7-5-9(14)6-8(2)12(7)18-11-4-3-10(15)13(16)17-11/h3-6H,15H2,1-2H3,(H2,16,17). The molecule has 0 fully saturated rings. The van der Waals surface area contributed by atoms with E-state index in [0.29, 0.717) is 16.6 Å². The van der Waals surface area contributed by atoms with Gasteiger partial charge in [0.25, 0.3) is 0 Å². The van der Waals surface area contributed by atoms with Crippen LogP contribution < -0.4 is 16.2 Å². The second-order valence-electron chi connectivity index (χ2n) is 4.09. The Balaban J connectivity index is 2.37. The fourth-order valence-electron chi connectivity index (χ4n) is 1.69. The van der Waals surface area contributed by atoms with Crippen molar-refractivity contribution in [1.82, 2.24) is 4.98 Å². The van der Waals surface area contributed by atoms with Crippen LogP contribution in [0.4, 0.5) is 11.5 Å². The van der Waals surface area contributed by atoms with E-state index in [4.69, 9.17) is 27.8 Å². The lowest BCUT2D eigenvalue weighted by Gasteiger charge is -2.12. The summed E-state index contributed by atoms with van der Waals surface area (Å²) in [7, 11) is 0. The molecule has 4 N–H and O–H groups in total. The lowest BCUT2D eigenvalue weighted by atomic mass is 10.1. The minimum atomic E-state index is 0.261. The fourth-order valence-corrected chi connectivity index (χ4v) is 2.01. The van der Waals surface area contributed by atoms with Gasteiger partial charge in [-0.05, 0) is 43.2 Å². The Morgan fingerprint density at radius 2 is 1.72 bits per heavy atom. The van der Waals surface area contributed by atoms with Gasteiger partial charge in [-0.25, -0.2) is 0 Å². The monoisotopic (exact) mass is 263 g/mol. The predicted octanol–water partition coefficient (Wildman–Crippen LogP) is 3.31. The molecule has 1 aromatic heterocycles. The van der Waals surface area contributed by atoms with Gasteiger partial charge in [0, 0.05) is 11.1 Å². The van der Waals surface area contributed by atoms with E-state index in [1.54, 1.807) is 12.1 Å². The van der Waals surface area contributed by atoms with Gasteiger partial charge in [-0.3, -0.25) is 0 Å². The highest BCUT2D eigenvalue weighted by Crippen LogP contribution is 2.31. The van der Waals surface area contributed by atoms with Crippen molar-refractivity contribution in [3.8, 4) is 11.6 Å². The number of aromatic nitrogens is 1. The highest BCUT2D eigenvalue weighted by atomic mass is 35.5. The van der Waals surface area contributed by atoms with Crippen LogP contribution in [0, 0.1) is 13.8 Å². The Kier molecular flexibility index (Phi) is 3.30. The average molecular weight is 264 g/mol. The maximum atomic E-state index is 5.96. The van der Waals surface area contributed by atoms with E-state index in [1.807, 2.05) is 26.0 Å². The first-order valence-corrected chi connectivity index (χ1v) is 5.82. The molecule has 18 heavy (non-hydrogen) atoms. The van der Waals surface area contributed by atoms with Gasteiger partial charge in [0.2, 0.25) is 5.88 Å². The van der Waals surface area contributed by atoms with Crippen molar-refractivity contribution in [3.63, 3.8) is 0 Å². The number of nitrogen functional groups attached to an aromatic ring is 2. The summed E-state index contributed by atoms with van der Waals surface area (Å²) < 4.78 is 5.73. The molecule has 0 amide bonds. The second kappa shape index (κ2) is 4.74. The molecule has 0 aliphatic rings. The van der Waals surface area contributed by atoms with E-state index < -0.39 is 0 Å². The molecule has 0 atom stereocenters. The summed E-state index contributed by atoms with van der Waals surface area (Å²) in [5.41, 5.74) is 13.6. The van der Waals surface area contributed by atoms with Gasteiger partial charge < -0.3 is 16.2 Å². The van der Waals surface area contributed by atoms with Crippen LogP contribution in [0.3, 0.4) is 0 Å². The summed E-state index contributed by atoms with van der Waals surface area (Å²) in [6.45, 7) is 3.85. The fraction of sp³-hybridized carbons (Fsp3) is 0.154. The van der Waals surface area contributed by atoms with E-state index in [9.17, 15) is 0 Å². The second-order valence-corrected chi connectivity index (χ2v) is 4.53. The zero-order valence-electron chi connectivity index (χ0n) is 10.2. The van der Waals surface area contributed by atoms with Crippen molar-refractivity contribution in [2.24, 2.45) is 0 Å². The Bertz CT molecular complexity index is 576. The van der Waals surface area contributed by atoms with Gasteiger partial charge in [-0.2, -0.15) is 4.98 Å². The predicted molar refractivity (Wildman–Crippen MR) is 74.1 cm³/mol. The number of nitrogens with zero attached hydrogens (tertiary/aromatic N) is 1. The minimum Gasteiger partial charge on any atom is -0.438 e. The van der Waals surface area contributed by atoms with E-state index in [0.717, 1.165) is 16.9 Å². The lowest BCUT2D eigenvalue weighted by Crippen LogP contribution is -2.00. The molecule has 1 aromatic carbocycles. The largest absolute Gasteiger partial charge is 0.438 e. The van der Waals surface area contributed by atoms with Gasteiger partial charge in [-0.15, -0.1) is 0 Å². The minimum absolute atomic E-state index is 0.261. The average Bonchev–Trinajstić information content (AvgIpc) is 2.28. The number of rotatable bonds is 2. The van der Waals surface area contributed by atoms with Gasteiger partial charge >= 0.3 is 0 Å². The first-order chi connectivity index (χ1) is 8.47. The Hall–Kier alpha value is -1.94. The highest BCUT2D eigenvalue weighted by Gasteiger charge is 2.08. The van der Waals surface area contributed by atoms with Crippen LogP contribution >= 0.6 is 11.6 Å². The first-order valence-electron chi connectivity index (χ1n) is 5.44. The van der Waals surface area contributed by atoms with Gasteiger partial charge in [0.05, 0.1) is 5.69 Å². The molecule has 0 unspecified atom stereocenters. The third kappa shape index (κ3) is 2.49. The summed E-state index contributed by atoms with van der Waals surface area (Å²) in [5.74, 6) is 1.41. The van der Waals surface area contributed by atoms with Crippen LogP contribution in [0.15, 0.2) is 24.3 Å². The van der Waals surface area contributed by atoms with Gasteiger partial charge in [0.1, 0.15) is 5.75 Å². The SMILES string of the molecule is Cc1cc(Cl)cc(C)c1Oc1ccc(N)c(N)n1. The summed E-state index contributed by atoms with van der Waals surface area (Å²) in [6.07, 6.45) is 0. The third-order valence-corrected chi connectivity index (χ3v) is 2.78. The maximum Gasteiger partial charge on any atom is 0.221 e. The van der Waals surface area contributed by atoms with E-state index in [2.05, 4.69) is 4.98 Å². The van der Waals surface area contributed by atoms with Crippen molar-refractivity contribution in [2.45, 2.75) is 13.8 Å². The molecular formula is C13H14ClN3O. The van der Waals surface area contributed by atoms with Crippen LogP contribution in [0.2, 0.25) is 5.02 Å². The molecule has 0 aliphatic carbocycles. The molecule has 1 heterocycles. The number of pyridine rings is 1. The quantitative estimate of drug-likeness (QED) is 0.872. The molecule has 0 bridgehead atoms. The zero-order valence-corrected chi connectivity index (χ0v) is 11.0. The topological polar surface area (TPSA) is 74.2 Å². The molecule has 0 radical (unpaired) electrons. The summed E-state index contributed by atoms with van der Waals surface area (Å²) in [4.78, 5) is 4.07. The number of hydrogen-bond donors (Lipinski definition) is 2. The van der Waals surface area contributed by atoms with Crippen LogP contribution in [-0.4, -0.2) is 4.98 Å². The van der Waals surface area contributed by atoms with Crippen LogP contribution in [0.5, 0.6) is 11.6 Å². The van der Waals surface area contributed by atoms with E-state index >= 15 is 0 Å². The van der Waals surface area contributed by atoms with Crippen molar-refractivity contribution in [2.75, 3.05) is 11.5 Å². The molecule has 2 aromatic rings. The van der Waals surface area contributed by atoms with E-state index in [-0.39, 0.29) is 5.82 Å². The maximum absolute atomic E-state index is 5.96. The molecule has 94 valence electrons. The van der Waals surface area contributed by atoms with E-state index in [1.165, 1.54) is 0 Å². The third-order valence-electron chi connectivity index (χ3n) is 2.56. The molecule has 0 spiro atoms. The van der Waals surface area contributed by atoms with Crippen molar-refractivity contribution < 1.29 is 4.74 Å². The number of aryl methyl sites for hydroxylation is 2. The lowest BCUT2D eigenvalue weighted by molar-refractivity contribution is 0.457. The Morgan fingerprint density at radius 3 is 2.28 bits per heavy atom. The molecule has 4 nitrogen and oxygen atoms in total. The number of hydrogen-bond acceptors (Lipinski definition) is 4.